The van der Waals surface area contributed by atoms with Gasteiger partial charge in [0.25, 0.3) is 0 Å². The molecule has 4 nitrogen and oxygen atoms in total. The third-order valence-corrected chi connectivity index (χ3v) is 2.95. The lowest BCUT2D eigenvalue weighted by molar-refractivity contribution is -0.135. The fraction of sp³-hybridized carbons (Fsp3) is 0.333. The van der Waals surface area contributed by atoms with Crippen LogP contribution in [-0.4, -0.2) is 11.9 Å². The molecule has 0 radical (unpaired) electrons. The number of hydrogen-bond acceptors (Lipinski definition) is 3. The molecule has 1 aromatic carbocycles. The van der Waals surface area contributed by atoms with E-state index in [2.05, 4.69) is 17.5 Å². The van der Waals surface area contributed by atoms with Gasteiger partial charge in [-0.1, -0.05) is 12.2 Å². The van der Waals surface area contributed by atoms with E-state index in [0.29, 0.717) is 23.8 Å². The SMILES string of the molecule is CC(=O)Nc1ccc(OC(=O)CC2C=CCC2)cc1. The van der Waals surface area contributed by atoms with Crippen LogP contribution in [0.5, 0.6) is 5.75 Å². The number of allylic oxidation sites excluding steroid dienone is 2. The summed E-state index contributed by atoms with van der Waals surface area (Å²) in [6.45, 7) is 1.45. The van der Waals surface area contributed by atoms with Gasteiger partial charge in [-0.25, -0.2) is 0 Å². The van der Waals surface area contributed by atoms with Crippen molar-refractivity contribution in [1.29, 1.82) is 0 Å². The quantitative estimate of drug-likeness (QED) is 0.514. The van der Waals surface area contributed by atoms with Crippen molar-refractivity contribution in [1.82, 2.24) is 0 Å². The number of hydrogen-bond donors (Lipinski definition) is 1. The summed E-state index contributed by atoms with van der Waals surface area (Å²) in [4.78, 5) is 22.6. The molecule has 4 heteroatoms. The number of anilines is 1. The van der Waals surface area contributed by atoms with Crippen LogP contribution < -0.4 is 10.1 Å². The molecular formula is C15H17NO3. The number of carbonyl (C=O) groups excluding carboxylic acids is 2. The molecule has 1 aromatic rings. The van der Waals surface area contributed by atoms with Crippen LogP contribution in [0.2, 0.25) is 0 Å². The standard InChI is InChI=1S/C15H17NO3/c1-11(17)16-13-6-8-14(9-7-13)19-15(18)10-12-4-2-3-5-12/h2,4,6-9,12H,3,5,10H2,1H3,(H,16,17). The highest BCUT2D eigenvalue weighted by atomic mass is 16.5. The van der Waals surface area contributed by atoms with E-state index >= 15 is 0 Å². The number of rotatable bonds is 4. The number of benzene rings is 1. The lowest BCUT2D eigenvalue weighted by Crippen LogP contribution is -2.12. The minimum atomic E-state index is -0.219. The summed E-state index contributed by atoms with van der Waals surface area (Å²) in [7, 11) is 0. The maximum absolute atomic E-state index is 11.7. The molecular weight excluding hydrogens is 242 g/mol. The molecule has 1 aliphatic rings. The molecule has 1 aliphatic carbocycles. The molecule has 19 heavy (non-hydrogen) atoms. The summed E-state index contributed by atoms with van der Waals surface area (Å²) in [5, 5.41) is 2.66. The van der Waals surface area contributed by atoms with E-state index in [0.717, 1.165) is 12.8 Å². The van der Waals surface area contributed by atoms with Crippen molar-refractivity contribution < 1.29 is 14.3 Å². The van der Waals surface area contributed by atoms with E-state index in [-0.39, 0.29) is 11.9 Å². The van der Waals surface area contributed by atoms with Crippen molar-refractivity contribution in [3.05, 3.63) is 36.4 Å². The van der Waals surface area contributed by atoms with Crippen molar-refractivity contribution in [3.8, 4) is 5.75 Å². The van der Waals surface area contributed by atoms with Crippen molar-refractivity contribution in [2.75, 3.05) is 5.32 Å². The van der Waals surface area contributed by atoms with Gasteiger partial charge in [-0.15, -0.1) is 0 Å². The molecule has 0 aromatic heterocycles. The first-order chi connectivity index (χ1) is 9.13. The minimum absolute atomic E-state index is 0.127. The van der Waals surface area contributed by atoms with Gasteiger partial charge in [-0.3, -0.25) is 9.59 Å². The van der Waals surface area contributed by atoms with Gasteiger partial charge in [0.05, 0.1) is 6.42 Å². The fourth-order valence-corrected chi connectivity index (χ4v) is 2.06. The summed E-state index contributed by atoms with van der Waals surface area (Å²) < 4.78 is 5.25. The third-order valence-electron chi connectivity index (χ3n) is 2.95. The van der Waals surface area contributed by atoms with Crippen LogP contribution in [-0.2, 0) is 9.59 Å². The lowest BCUT2D eigenvalue weighted by Gasteiger charge is -2.08. The molecule has 1 amide bonds. The van der Waals surface area contributed by atoms with Crippen molar-refractivity contribution >= 4 is 17.6 Å². The van der Waals surface area contributed by atoms with Crippen molar-refractivity contribution in [2.45, 2.75) is 26.2 Å². The zero-order valence-corrected chi connectivity index (χ0v) is 10.9. The monoisotopic (exact) mass is 259 g/mol. The molecule has 0 saturated carbocycles. The fourth-order valence-electron chi connectivity index (χ4n) is 2.06. The largest absolute Gasteiger partial charge is 0.427 e. The predicted molar refractivity (Wildman–Crippen MR) is 72.9 cm³/mol. The van der Waals surface area contributed by atoms with E-state index in [1.807, 2.05) is 0 Å². The molecule has 0 spiro atoms. The normalized spacial score (nSPS) is 17.2. The van der Waals surface area contributed by atoms with E-state index in [1.165, 1.54) is 6.92 Å². The number of carbonyl (C=O) groups is 2. The van der Waals surface area contributed by atoms with Crippen LogP contribution in [0.25, 0.3) is 0 Å². The van der Waals surface area contributed by atoms with Crippen LogP contribution in [0.3, 0.4) is 0 Å². The Morgan fingerprint density at radius 1 is 1.32 bits per heavy atom. The second kappa shape index (κ2) is 6.18. The van der Waals surface area contributed by atoms with Gasteiger partial charge in [-0.05, 0) is 43.0 Å². The second-order valence-corrected chi connectivity index (χ2v) is 4.65. The van der Waals surface area contributed by atoms with Crippen LogP contribution >= 0.6 is 0 Å². The zero-order chi connectivity index (χ0) is 13.7. The van der Waals surface area contributed by atoms with Gasteiger partial charge < -0.3 is 10.1 Å². The highest BCUT2D eigenvalue weighted by Gasteiger charge is 2.15. The Bertz CT molecular complexity index is 491. The second-order valence-electron chi connectivity index (χ2n) is 4.65. The van der Waals surface area contributed by atoms with Gasteiger partial charge in [0.15, 0.2) is 0 Å². The molecule has 0 saturated heterocycles. The molecule has 0 heterocycles. The third kappa shape index (κ3) is 4.25. The summed E-state index contributed by atoms with van der Waals surface area (Å²) in [6, 6.07) is 6.76. The van der Waals surface area contributed by atoms with Crippen molar-refractivity contribution in [3.63, 3.8) is 0 Å². The number of esters is 1. The first kappa shape index (κ1) is 13.3. The Labute approximate surface area is 112 Å². The number of amides is 1. The summed E-state index contributed by atoms with van der Waals surface area (Å²) in [5.41, 5.74) is 0.686. The number of nitrogens with one attached hydrogen (secondary N) is 1. The maximum atomic E-state index is 11.7. The zero-order valence-electron chi connectivity index (χ0n) is 10.9. The van der Waals surface area contributed by atoms with Gasteiger partial charge in [0.2, 0.25) is 5.91 Å². The summed E-state index contributed by atoms with van der Waals surface area (Å²) in [6.07, 6.45) is 6.66. The summed E-state index contributed by atoms with van der Waals surface area (Å²) in [5.74, 6) is 0.467. The lowest BCUT2D eigenvalue weighted by atomic mass is 10.1. The maximum Gasteiger partial charge on any atom is 0.311 e. The van der Waals surface area contributed by atoms with E-state index in [9.17, 15) is 9.59 Å². The number of ether oxygens (including phenoxy) is 1. The van der Waals surface area contributed by atoms with E-state index < -0.39 is 0 Å². The Hall–Kier alpha value is -2.10. The first-order valence-corrected chi connectivity index (χ1v) is 6.38. The molecule has 0 fully saturated rings. The molecule has 1 unspecified atom stereocenters. The highest BCUT2D eigenvalue weighted by Crippen LogP contribution is 2.22. The Kier molecular flexibility index (Phi) is 4.34. The topological polar surface area (TPSA) is 55.4 Å². The van der Waals surface area contributed by atoms with E-state index in [1.54, 1.807) is 24.3 Å². The van der Waals surface area contributed by atoms with Gasteiger partial charge >= 0.3 is 5.97 Å². The van der Waals surface area contributed by atoms with Gasteiger partial charge in [0, 0.05) is 12.6 Å². The highest BCUT2D eigenvalue weighted by molar-refractivity contribution is 5.88. The van der Waals surface area contributed by atoms with Crippen molar-refractivity contribution in [2.24, 2.45) is 5.92 Å². The molecule has 100 valence electrons. The first-order valence-electron chi connectivity index (χ1n) is 6.38. The predicted octanol–water partition coefficient (Wildman–Crippen LogP) is 2.91. The van der Waals surface area contributed by atoms with Crippen LogP contribution in [0.1, 0.15) is 26.2 Å². The Balaban J connectivity index is 1.86. The average Bonchev–Trinajstić information content (AvgIpc) is 2.83. The molecule has 0 bridgehead atoms. The van der Waals surface area contributed by atoms with Crippen LogP contribution in [0, 0.1) is 5.92 Å². The van der Waals surface area contributed by atoms with E-state index in [4.69, 9.17) is 4.74 Å². The van der Waals surface area contributed by atoms with Crippen LogP contribution in [0.4, 0.5) is 5.69 Å². The summed E-state index contributed by atoms with van der Waals surface area (Å²) >= 11 is 0. The van der Waals surface area contributed by atoms with Crippen LogP contribution in [0.15, 0.2) is 36.4 Å². The van der Waals surface area contributed by atoms with Gasteiger partial charge in [-0.2, -0.15) is 0 Å². The minimum Gasteiger partial charge on any atom is -0.427 e. The molecule has 0 aliphatic heterocycles. The Morgan fingerprint density at radius 2 is 2.05 bits per heavy atom. The molecule has 2 rings (SSSR count). The molecule has 1 N–H and O–H groups in total. The molecule has 1 atom stereocenters. The average molecular weight is 259 g/mol. The smallest absolute Gasteiger partial charge is 0.311 e. The van der Waals surface area contributed by atoms with Gasteiger partial charge in [0.1, 0.15) is 5.75 Å². The Morgan fingerprint density at radius 3 is 2.63 bits per heavy atom.